The van der Waals surface area contributed by atoms with E-state index >= 15 is 0 Å². The maximum absolute atomic E-state index is 8.81. The maximum atomic E-state index is 8.81. The van der Waals surface area contributed by atoms with Crippen LogP contribution in [0, 0.1) is 5.92 Å². The zero-order valence-corrected chi connectivity index (χ0v) is 11.5. The third-order valence-corrected chi connectivity index (χ3v) is 3.17. The molecule has 0 aromatic carbocycles. The SMILES string of the molecule is CCCCCCCC(C)=CCC(C)CCO. The summed E-state index contributed by atoms with van der Waals surface area (Å²) in [7, 11) is 0. The Bertz CT molecular complexity index is 172. The van der Waals surface area contributed by atoms with E-state index in [0.717, 1.165) is 12.8 Å². The molecule has 96 valence electrons. The Labute approximate surface area is 102 Å². The van der Waals surface area contributed by atoms with Crippen molar-refractivity contribution in [1.29, 1.82) is 0 Å². The summed E-state index contributed by atoms with van der Waals surface area (Å²) >= 11 is 0. The van der Waals surface area contributed by atoms with Crippen molar-refractivity contribution in [2.75, 3.05) is 6.61 Å². The highest BCUT2D eigenvalue weighted by Crippen LogP contribution is 2.14. The minimum atomic E-state index is 0.324. The Kier molecular flexibility index (Phi) is 11.0. The van der Waals surface area contributed by atoms with E-state index in [1.54, 1.807) is 0 Å². The molecule has 1 atom stereocenters. The van der Waals surface area contributed by atoms with Gasteiger partial charge in [-0.15, -0.1) is 0 Å². The van der Waals surface area contributed by atoms with Crippen LogP contribution in [0.25, 0.3) is 0 Å². The molecule has 1 unspecified atom stereocenters. The highest BCUT2D eigenvalue weighted by Gasteiger charge is 1.99. The van der Waals surface area contributed by atoms with E-state index in [-0.39, 0.29) is 0 Å². The van der Waals surface area contributed by atoms with Crippen LogP contribution in [-0.4, -0.2) is 11.7 Å². The molecule has 0 rings (SSSR count). The smallest absolute Gasteiger partial charge is 0.0433 e. The lowest BCUT2D eigenvalue weighted by Gasteiger charge is -2.07. The topological polar surface area (TPSA) is 20.2 Å². The van der Waals surface area contributed by atoms with Crippen LogP contribution in [0.1, 0.15) is 72.1 Å². The van der Waals surface area contributed by atoms with Gasteiger partial charge in [-0.1, -0.05) is 51.2 Å². The molecule has 0 saturated carbocycles. The maximum Gasteiger partial charge on any atom is 0.0433 e. The molecule has 0 saturated heterocycles. The van der Waals surface area contributed by atoms with E-state index in [1.807, 2.05) is 0 Å². The molecule has 0 aliphatic rings. The predicted octanol–water partition coefficient (Wildman–Crippen LogP) is 4.70. The van der Waals surface area contributed by atoms with Crippen LogP contribution in [0.15, 0.2) is 11.6 Å². The van der Waals surface area contributed by atoms with E-state index in [0.29, 0.717) is 12.5 Å². The number of hydrogen-bond donors (Lipinski definition) is 1. The van der Waals surface area contributed by atoms with Gasteiger partial charge in [0.05, 0.1) is 0 Å². The molecule has 1 heteroatoms. The molecular formula is C15H30O. The fourth-order valence-corrected chi connectivity index (χ4v) is 1.85. The number of hydrogen-bond acceptors (Lipinski definition) is 1. The van der Waals surface area contributed by atoms with Crippen molar-refractivity contribution < 1.29 is 5.11 Å². The van der Waals surface area contributed by atoms with Crippen LogP contribution in [0.5, 0.6) is 0 Å². The number of allylic oxidation sites excluding steroid dienone is 2. The summed E-state index contributed by atoms with van der Waals surface area (Å²) in [6.07, 6.45) is 12.5. The average Bonchev–Trinajstić information content (AvgIpc) is 2.26. The Hall–Kier alpha value is -0.300. The number of aliphatic hydroxyl groups excluding tert-OH is 1. The highest BCUT2D eigenvalue weighted by atomic mass is 16.3. The highest BCUT2D eigenvalue weighted by molar-refractivity contribution is 4.98. The Balaban J connectivity index is 3.47. The van der Waals surface area contributed by atoms with E-state index in [4.69, 9.17) is 5.11 Å². The van der Waals surface area contributed by atoms with Gasteiger partial charge >= 0.3 is 0 Å². The molecule has 0 aliphatic heterocycles. The molecule has 0 amide bonds. The molecular weight excluding hydrogens is 196 g/mol. The molecule has 0 aromatic heterocycles. The fourth-order valence-electron chi connectivity index (χ4n) is 1.85. The molecule has 0 fully saturated rings. The summed E-state index contributed by atoms with van der Waals surface area (Å²) < 4.78 is 0. The van der Waals surface area contributed by atoms with Crippen molar-refractivity contribution in [3.63, 3.8) is 0 Å². The van der Waals surface area contributed by atoms with Crippen molar-refractivity contribution >= 4 is 0 Å². The number of unbranched alkanes of at least 4 members (excludes halogenated alkanes) is 4. The molecule has 16 heavy (non-hydrogen) atoms. The second kappa shape index (κ2) is 11.2. The van der Waals surface area contributed by atoms with Gasteiger partial charge in [0.2, 0.25) is 0 Å². The molecule has 1 nitrogen and oxygen atoms in total. The summed E-state index contributed by atoms with van der Waals surface area (Å²) in [4.78, 5) is 0. The monoisotopic (exact) mass is 226 g/mol. The second-order valence-corrected chi connectivity index (χ2v) is 5.07. The van der Waals surface area contributed by atoms with Gasteiger partial charge in [-0.05, 0) is 38.5 Å². The van der Waals surface area contributed by atoms with E-state index in [2.05, 4.69) is 26.8 Å². The van der Waals surface area contributed by atoms with Gasteiger partial charge < -0.3 is 5.11 Å². The zero-order chi connectivity index (χ0) is 12.2. The largest absolute Gasteiger partial charge is 0.396 e. The first-order chi connectivity index (χ1) is 7.70. The van der Waals surface area contributed by atoms with Crippen LogP contribution in [-0.2, 0) is 0 Å². The normalized spacial score (nSPS) is 14.1. The zero-order valence-electron chi connectivity index (χ0n) is 11.5. The molecule has 1 N–H and O–H groups in total. The molecule has 0 spiro atoms. The Morgan fingerprint density at radius 3 is 2.50 bits per heavy atom. The Morgan fingerprint density at radius 2 is 1.88 bits per heavy atom. The van der Waals surface area contributed by atoms with Gasteiger partial charge in [0, 0.05) is 6.61 Å². The lowest BCUT2D eigenvalue weighted by atomic mass is 10.0. The standard InChI is InChI=1S/C15H30O/c1-4-5-6-7-8-9-14(2)10-11-15(3)12-13-16/h10,15-16H,4-9,11-13H2,1-3H3. The van der Waals surface area contributed by atoms with Crippen LogP contribution in [0.4, 0.5) is 0 Å². The summed E-state index contributed by atoms with van der Waals surface area (Å²) in [5, 5.41) is 8.81. The van der Waals surface area contributed by atoms with Crippen molar-refractivity contribution in [2.45, 2.75) is 72.1 Å². The first-order valence-electron chi connectivity index (χ1n) is 6.97. The van der Waals surface area contributed by atoms with Crippen LogP contribution in [0.2, 0.25) is 0 Å². The fraction of sp³-hybridized carbons (Fsp3) is 0.867. The quantitative estimate of drug-likeness (QED) is 0.423. The van der Waals surface area contributed by atoms with Crippen molar-refractivity contribution in [1.82, 2.24) is 0 Å². The van der Waals surface area contributed by atoms with Gasteiger partial charge in [-0.3, -0.25) is 0 Å². The van der Waals surface area contributed by atoms with E-state index < -0.39 is 0 Å². The van der Waals surface area contributed by atoms with Gasteiger partial charge in [-0.2, -0.15) is 0 Å². The predicted molar refractivity (Wildman–Crippen MR) is 72.6 cm³/mol. The molecule has 0 aliphatic carbocycles. The van der Waals surface area contributed by atoms with Crippen molar-refractivity contribution in [3.8, 4) is 0 Å². The van der Waals surface area contributed by atoms with Gasteiger partial charge in [0.1, 0.15) is 0 Å². The first kappa shape index (κ1) is 15.7. The van der Waals surface area contributed by atoms with Crippen molar-refractivity contribution in [3.05, 3.63) is 11.6 Å². The minimum Gasteiger partial charge on any atom is -0.396 e. The third kappa shape index (κ3) is 10.2. The third-order valence-electron chi connectivity index (χ3n) is 3.17. The summed E-state index contributed by atoms with van der Waals surface area (Å²) in [6, 6.07) is 0. The molecule has 0 radical (unpaired) electrons. The summed E-state index contributed by atoms with van der Waals surface area (Å²) in [5.74, 6) is 0.625. The minimum absolute atomic E-state index is 0.324. The molecule has 0 bridgehead atoms. The van der Waals surface area contributed by atoms with Crippen LogP contribution >= 0.6 is 0 Å². The van der Waals surface area contributed by atoms with E-state index in [1.165, 1.54) is 44.1 Å². The van der Waals surface area contributed by atoms with Gasteiger partial charge in [0.15, 0.2) is 0 Å². The number of aliphatic hydroxyl groups is 1. The first-order valence-corrected chi connectivity index (χ1v) is 6.97. The van der Waals surface area contributed by atoms with Gasteiger partial charge in [-0.25, -0.2) is 0 Å². The second-order valence-electron chi connectivity index (χ2n) is 5.07. The van der Waals surface area contributed by atoms with Crippen LogP contribution < -0.4 is 0 Å². The lowest BCUT2D eigenvalue weighted by molar-refractivity contribution is 0.263. The summed E-state index contributed by atoms with van der Waals surface area (Å²) in [5.41, 5.74) is 1.53. The van der Waals surface area contributed by atoms with Crippen molar-refractivity contribution in [2.24, 2.45) is 5.92 Å². The van der Waals surface area contributed by atoms with E-state index in [9.17, 15) is 0 Å². The summed E-state index contributed by atoms with van der Waals surface area (Å²) in [6.45, 7) is 7.03. The lowest BCUT2D eigenvalue weighted by Crippen LogP contribution is -1.96. The van der Waals surface area contributed by atoms with Crippen LogP contribution in [0.3, 0.4) is 0 Å². The average molecular weight is 226 g/mol. The number of rotatable bonds is 10. The Morgan fingerprint density at radius 1 is 1.19 bits per heavy atom. The van der Waals surface area contributed by atoms with Gasteiger partial charge in [0.25, 0.3) is 0 Å². The molecule has 0 aromatic rings. The molecule has 0 heterocycles.